The van der Waals surface area contributed by atoms with Crippen LogP contribution in [0, 0.1) is 5.92 Å². The van der Waals surface area contributed by atoms with Crippen LogP contribution in [0.2, 0.25) is 10.0 Å². The molecule has 1 aliphatic heterocycles. The number of amides is 1. The fourth-order valence-electron chi connectivity index (χ4n) is 3.43. The van der Waals surface area contributed by atoms with Gasteiger partial charge in [-0.15, -0.1) is 0 Å². The van der Waals surface area contributed by atoms with Crippen molar-refractivity contribution in [3.63, 3.8) is 0 Å². The van der Waals surface area contributed by atoms with Crippen LogP contribution in [-0.2, 0) is 11.2 Å². The highest BCUT2D eigenvalue weighted by atomic mass is 35.5. The maximum absolute atomic E-state index is 12.4. The number of carbonyl (C=O) groups is 1. The molecule has 1 atom stereocenters. The van der Waals surface area contributed by atoms with E-state index in [1.807, 2.05) is 25.1 Å². The molecule has 3 rings (SSSR count). The van der Waals surface area contributed by atoms with Gasteiger partial charge in [-0.05, 0) is 37.0 Å². The number of rotatable bonds is 9. The molecular weight excluding hydrogens is 457 g/mol. The van der Waals surface area contributed by atoms with Crippen molar-refractivity contribution in [2.75, 3.05) is 42.7 Å². The standard InChI is InChI=1S/C21H27Cl2N5O2S/c1-3-31-27-20(29)15-5-4-10-28(13-15)19-12-18(25-21(26-19)30-2)24-9-8-14-6-7-16(22)11-17(14)23/h6-7,11-12,15H,3-5,8-10,13H2,1-2H3,(H,27,29)(H,24,25,26). The summed E-state index contributed by atoms with van der Waals surface area (Å²) in [5.41, 5.74) is 1.01. The molecule has 1 aliphatic rings. The van der Waals surface area contributed by atoms with Crippen LogP contribution in [-0.4, -0.2) is 48.4 Å². The van der Waals surface area contributed by atoms with Gasteiger partial charge in [-0.25, -0.2) is 0 Å². The van der Waals surface area contributed by atoms with Crippen LogP contribution in [0.4, 0.5) is 11.6 Å². The van der Waals surface area contributed by atoms with E-state index >= 15 is 0 Å². The lowest BCUT2D eigenvalue weighted by molar-refractivity contribution is -0.123. The lowest BCUT2D eigenvalue weighted by Gasteiger charge is -2.33. The van der Waals surface area contributed by atoms with Gasteiger partial charge in [0.25, 0.3) is 0 Å². The van der Waals surface area contributed by atoms with Gasteiger partial charge in [0.15, 0.2) is 0 Å². The van der Waals surface area contributed by atoms with E-state index in [1.54, 1.807) is 13.2 Å². The van der Waals surface area contributed by atoms with Crippen LogP contribution in [0.1, 0.15) is 25.3 Å². The van der Waals surface area contributed by atoms with Crippen molar-refractivity contribution in [3.05, 3.63) is 39.9 Å². The lowest BCUT2D eigenvalue weighted by Crippen LogP contribution is -2.42. The summed E-state index contributed by atoms with van der Waals surface area (Å²) >= 11 is 13.7. The van der Waals surface area contributed by atoms with E-state index < -0.39 is 0 Å². The summed E-state index contributed by atoms with van der Waals surface area (Å²) in [6.45, 7) is 4.11. The van der Waals surface area contributed by atoms with Gasteiger partial charge in [-0.1, -0.05) is 48.1 Å². The molecule has 1 aromatic carbocycles. The third kappa shape index (κ3) is 6.79. The second-order valence-electron chi connectivity index (χ2n) is 7.20. The Morgan fingerprint density at radius 2 is 2.16 bits per heavy atom. The molecule has 168 valence electrons. The minimum absolute atomic E-state index is 0.0581. The number of aromatic nitrogens is 2. The first kappa shape index (κ1) is 23.8. The minimum Gasteiger partial charge on any atom is -0.467 e. The topological polar surface area (TPSA) is 79.4 Å². The summed E-state index contributed by atoms with van der Waals surface area (Å²) in [4.78, 5) is 23.4. The van der Waals surface area contributed by atoms with Crippen molar-refractivity contribution in [2.24, 2.45) is 5.92 Å². The van der Waals surface area contributed by atoms with E-state index in [0.29, 0.717) is 29.0 Å². The van der Waals surface area contributed by atoms with Gasteiger partial charge in [0.1, 0.15) is 11.6 Å². The predicted molar refractivity (Wildman–Crippen MR) is 128 cm³/mol. The molecule has 1 saturated heterocycles. The van der Waals surface area contributed by atoms with Gasteiger partial charge in [0.2, 0.25) is 5.91 Å². The van der Waals surface area contributed by atoms with E-state index in [0.717, 1.165) is 42.9 Å². The third-order valence-corrected chi connectivity index (χ3v) is 6.24. The third-order valence-electron chi connectivity index (χ3n) is 5.02. The van der Waals surface area contributed by atoms with E-state index in [9.17, 15) is 4.79 Å². The summed E-state index contributed by atoms with van der Waals surface area (Å²) < 4.78 is 8.23. The Morgan fingerprint density at radius 3 is 2.90 bits per heavy atom. The van der Waals surface area contributed by atoms with Gasteiger partial charge in [0.05, 0.1) is 13.0 Å². The number of halogens is 2. The van der Waals surface area contributed by atoms with Crippen molar-refractivity contribution in [1.29, 1.82) is 0 Å². The molecule has 2 heterocycles. The Balaban J connectivity index is 1.66. The summed E-state index contributed by atoms with van der Waals surface area (Å²) in [7, 11) is 1.55. The number of hydrogen-bond donors (Lipinski definition) is 2. The normalized spacial score (nSPS) is 16.1. The molecule has 7 nitrogen and oxygen atoms in total. The van der Waals surface area contributed by atoms with Crippen LogP contribution in [0.15, 0.2) is 24.3 Å². The second kappa shape index (κ2) is 11.6. The fourth-order valence-corrected chi connectivity index (χ4v) is 4.39. The average molecular weight is 484 g/mol. The molecule has 2 aromatic rings. The molecule has 0 radical (unpaired) electrons. The number of methoxy groups -OCH3 is 1. The van der Waals surface area contributed by atoms with Crippen molar-refractivity contribution >= 4 is 52.7 Å². The van der Waals surface area contributed by atoms with Gasteiger partial charge in [0, 0.05) is 41.5 Å². The molecule has 10 heteroatoms. The molecule has 31 heavy (non-hydrogen) atoms. The number of hydrogen-bond acceptors (Lipinski definition) is 7. The average Bonchev–Trinajstić information content (AvgIpc) is 2.78. The van der Waals surface area contributed by atoms with Crippen LogP contribution in [0.3, 0.4) is 0 Å². The summed E-state index contributed by atoms with van der Waals surface area (Å²) in [6, 6.07) is 7.68. The first-order valence-corrected chi connectivity index (χ1v) is 12.0. The molecule has 0 spiro atoms. The Labute approximate surface area is 197 Å². The zero-order chi connectivity index (χ0) is 22.2. The highest BCUT2D eigenvalue weighted by Crippen LogP contribution is 2.26. The highest BCUT2D eigenvalue weighted by molar-refractivity contribution is 7.97. The zero-order valence-corrected chi connectivity index (χ0v) is 20.0. The van der Waals surface area contributed by atoms with Gasteiger partial charge >= 0.3 is 6.01 Å². The maximum Gasteiger partial charge on any atom is 0.320 e. The molecule has 1 unspecified atom stereocenters. The Kier molecular flexibility index (Phi) is 8.92. The smallest absolute Gasteiger partial charge is 0.320 e. The van der Waals surface area contributed by atoms with E-state index in [1.165, 1.54) is 11.9 Å². The quantitative estimate of drug-likeness (QED) is 0.510. The van der Waals surface area contributed by atoms with Crippen LogP contribution in [0.25, 0.3) is 0 Å². The lowest BCUT2D eigenvalue weighted by atomic mass is 9.97. The molecule has 0 saturated carbocycles. The van der Waals surface area contributed by atoms with Crippen LogP contribution < -0.4 is 19.7 Å². The maximum atomic E-state index is 12.4. The molecular formula is C21H27Cl2N5O2S. The SMILES string of the molecule is CCSNC(=O)C1CCCN(c2cc(NCCc3ccc(Cl)cc3Cl)nc(OC)n2)C1. The Hall–Kier alpha value is -1.90. The first-order valence-electron chi connectivity index (χ1n) is 10.3. The number of nitrogens with zero attached hydrogens (tertiary/aromatic N) is 3. The van der Waals surface area contributed by atoms with Crippen molar-refractivity contribution in [2.45, 2.75) is 26.2 Å². The van der Waals surface area contributed by atoms with E-state index in [4.69, 9.17) is 27.9 Å². The molecule has 0 aliphatic carbocycles. The largest absolute Gasteiger partial charge is 0.467 e. The van der Waals surface area contributed by atoms with Crippen molar-refractivity contribution < 1.29 is 9.53 Å². The van der Waals surface area contributed by atoms with Crippen molar-refractivity contribution in [3.8, 4) is 6.01 Å². The highest BCUT2D eigenvalue weighted by Gasteiger charge is 2.27. The number of carbonyl (C=O) groups excluding carboxylic acids is 1. The number of piperidine rings is 1. The molecule has 1 fully saturated rings. The fraction of sp³-hybridized carbons (Fsp3) is 0.476. The number of benzene rings is 1. The number of anilines is 2. The van der Waals surface area contributed by atoms with Gasteiger partial charge < -0.3 is 15.0 Å². The van der Waals surface area contributed by atoms with Crippen LogP contribution in [0.5, 0.6) is 6.01 Å². The molecule has 1 aromatic heterocycles. The second-order valence-corrected chi connectivity index (χ2v) is 9.11. The molecule has 0 bridgehead atoms. The van der Waals surface area contributed by atoms with E-state index in [2.05, 4.69) is 24.9 Å². The Morgan fingerprint density at radius 1 is 1.32 bits per heavy atom. The minimum atomic E-state index is -0.0581. The van der Waals surface area contributed by atoms with Gasteiger partial charge in [-0.2, -0.15) is 9.97 Å². The number of nitrogens with one attached hydrogen (secondary N) is 2. The molecule has 2 N–H and O–H groups in total. The predicted octanol–water partition coefficient (Wildman–Crippen LogP) is 4.45. The Bertz CT molecular complexity index is 902. The van der Waals surface area contributed by atoms with Crippen LogP contribution >= 0.6 is 35.1 Å². The molecule has 1 amide bonds. The van der Waals surface area contributed by atoms with E-state index in [-0.39, 0.29) is 17.8 Å². The first-order chi connectivity index (χ1) is 15.0. The summed E-state index contributed by atoms with van der Waals surface area (Å²) in [5, 5.41) is 4.59. The van der Waals surface area contributed by atoms with Crippen molar-refractivity contribution in [1.82, 2.24) is 14.7 Å². The monoisotopic (exact) mass is 483 g/mol. The summed E-state index contributed by atoms with van der Waals surface area (Å²) in [5.74, 6) is 2.29. The number of ether oxygens (including phenoxy) is 1. The summed E-state index contributed by atoms with van der Waals surface area (Å²) in [6.07, 6.45) is 2.53. The zero-order valence-electron chi connectivity index (χ0n) is 17.7. The van der Waals surface area contributed by atoms with Gasteiger partial charge in [-0.3, -0.25) is 9.52 Å².